The van der Waals surface area contributed by atoms with Crippen molar-refractivity contribution in [2.24, 2.45) is 0 Å². The van der Waals surface area contributed by atoms with Gasteiger partial charge in [-0.15, -0.1) is 10.2 Å². The molecule has 4 heteroatoms. The highest BCUT2D eigenvalue weighted by Crippen LogP contribution is 2.17. The quantitative estimate of drug-likeness (QED) is 0.712. The zero-order chi connectivity index (χ0) is 15.1. The minimum absolute atomic E-state index is 0.761. The lowest BCUT2D eigenvalue weighted by molar-refractivity contribution is 1.02. The normalized spacial score (nSPS) is 9.67. The third-order valence-electron chi connectivity index (χ3n) is 2.74. The van der Waals surface area contributed by atoms with Gasteiger partial charge in [0.05, 0.1) is 11.4 Å². The summed E-state index contributed by atoms with van der Waals surface area (Å²) in [5.41, 5.74) is 4.15. The van der Waals surface area contributed by atoms with Crippen molar-refractivity contribution >= 4 is 0 Å². The number of rotatable bonds is 2. The molecule has 21 heavy (non-hydrogen) atoms. The standard InChI is InChI=1S/C15H12N4.C2H6/c1-11-5-4-7-13(17-11)15-9-8-14(18-19-15)12-6-2-3-10-16-12;1-2/h2-10H,1H3;1-2H3. The SMILES string of the molecule is CC.Cc1cccc(-c2ccc(-c3ccccn3)nn2)n1. The Balaban J connectivity index is 0.000000774. The summed E-state index contributed by atoms with van der Waals surface area (Å²) >= 11 is 0. The van der Waals surface area contributed by atoms with E-state index >= 15 is 0 Å². The molecule has 3 aromatic rings. The fourth-order valence-electron chi connectivity index (χ4n) is 1.81. The first kappa shape index (κ1) is 14.8. The molecule has 0 saturated carbocycles. The van der Waals surface area contributed by atoms with Crippen LogP contribution in [-0.2, 0) is 0 Å². The molecular formula is C17H18N4. The third-order valence-corrected chi connectivity index (χ3v) is 2.74. The van der Waals surface area contributed by atoms with Crippen molar-refractivity contribution in [3.8, 4) is 22.8 Å². The van der Waals surface area contributed by atoms with Gasteiger partial charge in [-0.05, 0) is 43.3 Å². The lowest BCUT2D eigenvalue weighted by Crippen LogP contribution is -1.94. The van der Waals surface area contributed by atoms with E-state index in [2.05, 4.69) is 20.2 Å². The zero-order valence-corrected chi connectivity index (χ0v) is 12.5. The Morgan fingerprint density at radius 2 is 1.33 bits per heavy atom. The van der Waals surface area contributed by atoms with Crippen molar-refractivity contribution in [1.29, 1.82) is 0 Å². The number of hydrogen-bond donors (Lipinski definition) is 0. The van der Waals surface area contributed by atoms with Crippen molar-refractivity contribution in [3.63, 3.8) is 0 Å². The summed E-state index contributed by atoms with van der Waals surface area (Å²) < 4.78 is 0. The van der Waals surface area contributed by atoms with Crippen molar-refractivity contribution < 1.29 is 0 Å². The molecule has 0 N–H and O–H groups in total. The smallest absolute Gasteiger partial charge is 0.111 e. The monoisotopic (exact) mass is 278 g/mol. The molecule has 106 valence electrons. The van der Waals surface area contributed by atoms with E-state index in [1.807, 2.05) is 69.3 Å². The van der Waals surface area contributed by atoms with E-state index in [1.54, 1.807) is 6.20 Å². The predicted octanol–water partition coefficient (Wildman–Crippen LogP) is 3.94. The van der Waals surface area contributed by atoms with Gasteiger partial charge >= 0.3 is 0 Å². The van der Waals surface area contributed by atoms with Crippen molar-refractivity contribution in [1.82, 2.24) is 20.2 Å². The lowest BCUT2D eigenvalue weighted by Gasteiger charge is -2.02. The molecule has 0 aromatic carbocycles. The van der Waals surface area contributed by atoms with E-state index in [-0.39, 0.29) is 0 Å². The van der Waals surface area contributed by atoms with Crippen LogP contribution in [-0.4, -0.2) is 20.2 Å². The minimum Gasteiger partial charge on any atom is -0.255 e. The summed E-state index contributed by atoms with van der Waals surface area (Å²) in [5, 5.41) is 8.42. The molecule has 0 aliphatic heterocycles. The van der Waals surface area contributed by atoms with Crippen LogP contribution in [0.25, 0.3) is 22.8 Å². The second-order valence-electron chi connectivity index (χ2n) is 4.18. The Hall–Kier alpha value is -2.62. The summed E-state index contributed by atoms with van der Waals surface area (Å²) in [6, 6.07) is 15.4. The van der Waals surface area contributed by atoms with Gasteiger partial charge in [0, 0.05) is 11.9 Å². The molecule has 0 saturated heterocycles. The Morgan fingerprint density at radius 1 is 0.667 bits per heavy atom. The fraction of sp³-hybridized carbons (Fsp3) is 0.176. The molecule has 0 aliphatic rings. The average molecular weight is 278 g/mol. The Bertz CT molecular complexity index is 679. The van der Waals surface area contributed by atoms with Crippen LogP contribution in [0.1, 0.15) is 19.5 Å². The van der Waals surface area contributed by atoms with E-state index < -0.39 is 0 Å². The van der Waals surface area contributed by atoms with E-state index in [1.165, 1.54) is 0 Å². The predicted molar refractivity (Wildman–Crippen MR) is 84.6 cm³/mol. The van der Waals surface area contributed by atoms with Crippen molar-refractivity contribution in [2.75, 3.05) is 0 Å². The van der Waals surface area contributed by atoms with Gasteiger partial charge in [-0.25, -0.2) is 0 Å². The first-order chi connectivity index (χ1) is 10.3. The number of hydrogen-bond acceptors (Lipinski definition) is 4. The molecular weight excluding hydrogens is 260 g/mol. The highest BCUT2D eigenvalue weighted by atomic mass is 15.1. The lowest BCUT2D eigenvalue weighted by atomic mass is 10.2. The number of pyridine rings is 2. The second-order valence-corrected chi connectivity index (χ2v) is 4.18. The first-order valence-electron chi connectivity index (χ1n) is 7.02. The molecule has 0 unspecified atom stereocenters. The minimum atomic E-state index is 0.761. The van der Waals surface area contributed by atoms with Gasteiger partial charge in [-0.1, -0.05) is 26.0 Å². The van der Waals surface area contributed by atoms with Crippen LogP contribution >= 0.6 is 0 Å². The molecule has 0 spiro atoms. The maximum Gasteiger partial charge on any atom is 0.111 e. The van der Waals surface area contributed by atoms with Gasteiger partial charge < -0.3 is 0 Å². The molecule has 0 fully saturated rings. The van der Waals surface area contributed by atoms with Gasteiger partial charge in [0.15, 0.2) is 0 Å². The molecule has 3 rings (SSSR count). The number of aryl methyl sites for hydroxylation is 1. The zero-order valence-electron chi connectivity index (χ0n) is 12.5. The number of nitrogens with zero attached hydrogens (tertiary/aromatic N) is 4. The summed E-state index contributed by atoms with van der Waals surface area (Å²) in [5.74, 6) is 0. The number of aromatic nitrogens is 4. The molecule has 0 atom stereocenters. The molecule has 0 aliphatic carbocycles. The van der Waals surface area contributed by atoms with Crippen LogP contribution < -0.4 is 0 Å². The summed E-state index contributed by atoms with van der Waals surface area (Å²) in [6.45, 7) is 5.96. The van der Waals surface area contributed by atoms with E-state index in [0.29, 0.717) is 0 Å². The van der Waals surface area contributed by atoms with Crippen LogP contribution in [0.4, 0.5) is 0 Å². The third kappa shape index (κ3) is 3.69. The highest BCUT2D eigenvalue weighted by molar-refractivity contribution is 5.58. The fourth-order valence-corrected chi connectivity index (χ4v) is 1.81. The molecule has 0 bridgehead atoms. The van der Waals surface area contributed by atoms with Crippen LogP contribution in [0.3, 0.4) is 0 Å². The van der Waals surface area contributed by atoms with Gasteiger partial charge in [-0.2, -0.15) is 0 Å². The summed E-state index contributed by atoms with van der Waals surface area (Å²) in [4.78, 5) is 8.68. The van der Waals surface area contributed by atoms with Gasteiger partial charge in [0.2, 0.25) is 0 Å². The van der Waals surface area contributed by atoms with Crippen LogP contribution in [0.5, 0.6) is 0 Å². The maximum atomic E-state index is 4.43. The van der Waals surface area contributed by atoms with E-state index in [0.717, 1.165) is 28.5 Å². The molecule has 4 nitrogen and oxygen atoms in total. The van der Waals surface area contributed by atoms with Crippen LogP contribution in [0.2, 0.25) is 0 Å². The largest absolute Gasteiger partial charge is 0.255 e. The first-order valence-corrected chi connectivity index (χ1v) is 7.02. The topological polar surface area (TPSA) is 51.6 Å². The van der Waals surface area contributed by atoms with E-state index in [9.17, 15) is 0 Å². The Morgan fingerprint density at radius 3 is 1.90 bits per heavy atom. The van der Waals surface area contributed by atoms with Crippen molar-refractivity contribution in [2.45, 2.75) is 20.8 Å². The van der Waals surface area contributed by atoms with Crippen LogP contribution in [0, 0.1) is 6.92 Å². The average Bonchev–Trinajstić information content (AvgIpc) is 2.58. The van der Waals surface area contributed by atoms with Gasteiger partial charge in [0.1, 0.15) is 11.4 Å². The van der Waals surface area contributed by atoms with E-state index in [4.69, 9.17) is 0 Å². The molecule has 3 heterocycles. The second kappa shape index (κ2) is 7.24. The van der Waals surface area contributed by atoms with Gasteiger partial charge in [0.25, 0.3) is 0 Å². The Kier molecular flexibility index (Phi) is 5.10. The summed E-state index contributed by atoms with van der Waals surface area (Å²) in [6.07, 6.45) is 1.74. The molecule has 0 amide bonds. The van der Waals surface area contributed by atoms with Crippen molar-refractivity contribution in [3.05, 3.63) is 60.4 Å². The maximum absolute atomic E-state index is 4.43. The highest BCUT2D eigenvalue weighted by Gasteiger charge is 2.04. The van der Waals surface area contributed by atoms with Gasteiger partial charge in [-0.3, -0.25) is 9.97 Å². The summed E-state index contributed by atoms with van der Waals surface area (Å²) in [7, 11) is 0. The molecule has 3 aromatic heterocycles. The van der Waals surface area contributed by atoms with Crippen LogP contribution in [0.15, 0.2) is 54.7 Å². The Labute approximate surface area is 124 Å². The molecule has 0 radical (unpaired) electrons.